The maximum absolute atomic E-state index is 11.9. The van der Waals surface area contributed by atoms with Gasteiger partial charge in [-0.1, -0.05) is 11.6 Å². The normalized spacial score (nSPS) is 9.77. The third kappa shape index (κ3) is 2.77. The second-order valence-electron chi connectivity index (χ2n) is 2.46. The van der Waals surface area contributed by atoms with Crippen LogP contribution in [0.1, 0.15) is 0 Å². The van der Waals surface area contributed by atoms with Gasteiger partial charge >= 0.3 is 0 Å². The molecule has 0 bridgehead atoms. The summed E-state index contributed by atoms with van der Waals surface area (Å²) in [5.41, 5.74) is 0.715. The number of halogens is 2. The first-order chi connectivity index (χ1) is 6.27. The Bertz CT molecular complexity index is 280. The van der Waals surface area contributed by atoms with Crippen LogP contribution in [0.25, 0.3) is 0 Å². The molecule has 0 saturated carbocycles. The van der Waals surface area contributed by atoms with Gasteiger partial charge in [0.05, 0.1) is 12.8 Å². The van der Waals surface area contributed by atoms with E-state index >= 15 is 0 Å². The van der Waals surface area contributed by atoms with Crippen LogP contribution >= 0.6 is 11.6 Å². The molecule has 0 fully saturated rings. The van der Waals surface area contributed by atoms with Crippen molar-refractivity contribution >= 4 is 17.3 Å². The van der Waals surface area contributed by atoms with Gasteiger partial charge in [0.1, 0.15) is 12.4 Å². The van der Waals surface area contributed by atoms with Gasteiger partial charge in [-0.25, -0.2) is 4.39 Å². The highest BCUT2D eigenvalue weighted by Crippen LogP contribution is 2.27. The largest absolute Gasteiger partial charge is 0.495 e. The molecule has 1 N–H and O–H groups in total. The van der Waals surface area contributed by atoms with E-state index in [0.717, 1.165) is 0 Å². The summed E-state index contributed by atoms with van der Waals surface area (Å²) in [6.45, 7) is -0.160. The number of alkyl halides is 1. The highest BCUT2D eigenvalue weighted by Gasteiger charge is 2.01. The maximum atomic E-state index is 11.9. The van der Waals surface area contributed by atoms with Crippen LogP contribution in [0.15, 0.2) is 18.2 Å². The van der Waals surface area contributed by atoms with E-state index in [9.17, 15) is 4.39 Å². The van der Waals surface area contributed by atoms with E-state index < -0.39 is 6.67 Å². The van der Waals surface area contributed by atoms with Gasteiger partial charge in [0, 0.05) is 11.6 Å². The number of methoxy groups -OCH3 is 1. The van der Waals surface area contributed by atoms with Crippen LogP contribution < -0.4 is 10.1 Å². The molecule has 0 spiro atoms. The molecule has 0 radical (unpaired) electrons. The summed E-state index contributed by atoms with van der Waals surface area (Å²) >= 11 is 5.76. The van der Waals surface area contributed by atoms with E-state index in [1.165, 1.54) is 0 Å². The molecule has 0 heterocycles. The lowest BCUT2D eigenvalue weighted by Crippen LogP contribution is -2.04. The standard InChI is InChI=1S/C9H11ClFNO/c1-13-9-3-2-7(10)6-8(9)12-5-4-11/h2-3,6,12H,4-5H2,1H3. The Kier molecular flexibility index (Phi) is 3.83. The number of ether oxygens (including phenoxy) is 1. The SMILES string of the molecule is COc1ccc(Cl)cc1NCCF. The second kappa shape index (κ2) is 4.92. The molecule has 1 aromatic rings. The summed E-state index contributed by atoms with van der Waals surface area (Å²) in [6, 6.07) is 5.17. The van der Waals surface area contributed by atoms with Gasteiger partial charge in [0.2, 0.25) is 0 Å². The molecule has 0 aliphatic carbocycles. The van der Waals surface area contributed by atoms with Crippen molar-refractivity contribution in [3.8, 4) is 5.75 Å². The lowest BCUT2D eigenvalue weighted by molar-refractivity contribution is 0.416. The number of nitrogens with one attached hydrogen (secondary N) is 1. The summed E-state index contributed by atoms with van der Waals surface area (Å²) < 4.78 is 16.9. The van der Waals surface area contributed by atoms with Gasteiger partial charge in [-0.2, -0.15) is 0 Å². The average Bonchev–Trinajstić information content (AvgIpc) is 2.15. The van der Waals surface area contributed by atoms with Crippen LogP contribution in [0.3, 0.4) is 0 Å². The molecule has 13 heavy (non-hydrogen) atoms. The van der Waals surface area contributed by atoms with Crippen molar-refractivity contribution < 1.29 is 9.13 Å². The number of rotatable bonds is 4. The number of hydrogen-bond donors (Lipinski definition) is 1. The van der Waals surface area contributed by atoms with Crippen molar-refractivity contribution in [1.29, 1.82) is 0 Å². The van der Waals surface area contributed by atoms with E-state index in [1.807, 2.05) is 0 Å². The van der Waals surface area contributed by atoms with Crippen molar-refractivity contribution in [2.75, 3.05) is 25.6 Å². The number of hydrogen-bond acceptors (Lipinski definition) is 2. The predicted octanol–water partition coefficient (Wildman–Crippen LogP) is 2.73. The molecule has 1 aromatic carbocycles. The Hall–Kier alpha value is -0.960. The molecule has 2 nitrogen and oxygen atoms in total. The first-order valence-corrected chi connectivity index (χ1v) is 4.29. The monoisotopic (exact) mass is 203 g/mol. The topological polar surface area (TPSA) is 21.3 Å². The van der Waals surface area contributed by atoms with Crippen molar-refractivity contribution in [2.45, 2.75) is 0 Å². The fraction of sp³-hybridized carbons (Fsp3) is 0.333. The Labute approximate surface area is 81.7 Å². The zero-order valence-electron chi connectivity index (χ0n) is 7.31. The summed E-state index contributed by atoms with van der Waals surface area (Å²) in [5.74, 6) is 0.665. The molecule has 0 saturated heterocycles. The Morgan fingerprint density at radius 2 is 2.31 bits per heavy atom. The van der Waals surface area contributed by atoms with E-state index in [0.29, 0.717) is 16.5 Å². The van der Waals surface area contributed by atoms with E-state index in [1.54, 1.807) is 25.3 Å². The lowest BCUT2D eigenvalue weighted by atomic mass is 10.3. The quantitative estimate of drug-likeness (QED) is 0.813. The van der Waals surface area contributed by atoms with Crippen LogP contribution in [0.2, 0.25) is 5.02 Å². The van der Waals surface area contributed by atoms with Crippen LogP contribution in [-0.4, -0.2) is 20.3 Å². The number of anilines is 1. The van der Waals surface area contributed by atoms with Crippen LogP contribution in [-0.2, 0) is 0 Å². The van der Waals surface area contributed by atoms with Crippen LogP contribution in [0.5, 0.6) is 5.75 Å². The summed E-state index contributed by atoms with van der Waals surface area (Å²) in [5, 5.41) is 3.47. The van der Waals surface area contributed by atoms with Crippen LogP contribution in [0.4, 0.5) is 10.1 Å². The Morgan fingerprint density at radius 3 is 2.92 bits per heavy atom. The molecule has 0 atom stereocenters. The third-order valence-electron chi connectivity index (χ3n) is 1.57. The highest BCUT2D eigenvalue weighted by molar-refractivity contribution is 6.30. The van der Waals surface area contributed by atoms with Crippen LogP contribution in [0, 0.1) is 0 Å². The van der Waals surface area contributed by atoms with Gasteiger partial charge < -0.3 is 10.1 Å². The summed E-state index contributed by atoms with van der Waals surface area (Å²) in [4.78, 5) is 0. The predicted molar refractivity (Wildman–Crippen MR) is 52.5 cm³/mol. The Balaban J connectivity index is 2.81. The van der Waals surface area contributed by atoms with Crippen molar-refractivity contribution in [1.82, 2.24) is 0 Å². The molecule has 0 aliphatic rings. The van der Waals surface area contributed by atoms with Gasteiger partial charge in [0.25, 0.3) is 0 Å². The average molecular weight is 204 g/mol. The van der Waals surface area contributed by atoms with Gasteiger partial charge in [-0.15, -0.1) is 0 Å². The second-order valence-corrected chi connectivity index (χ2v) is 2.90. The van der Waals surface area contributed by atoms with E-state index in [2.05, 4.69) is 5.32 Å². The fourth-order valence-electron chi connectivity index (χ4n) is 1.00. The minimum atomic E-state index is -0.421. The molecule has 0 unspecified atom stereocenters. The molecule has 0 amide bonds. The molecular weight excluding hydrogens is 193 g/mol. The minimum absolute atomic E-state index is 0.261. The highest BCUT2D eigenvalue weighted by atomic mass is 35.5. The zero-order valence-corrected chi connectivity index (χ0v) is 8.07. The van der Waals surface area contributed by atoms with Crippen molar-refractivity contribution in [3.63, 3.8) is 0 Å². The zero-order chi connectivity index (χ0) is 9.68. The molecule has 72 valence electrons. The van der Waals surface area contributed by atoms with E-state index in [4.69, 9.17) is 16.3 Å². The fourth-order valence-corrected chi connectivity index (χ4v) is 1.17. The van der Waals surface area contributed by atoms with Gasteiger partial charge in [0.15, 0.2) is 0 Å². The first kappa shape index (κ1) is 10.1. The van der Waals surface area contributed by atoms with Gasteiger partial charge in [-0.3, -0.25) is 0 Å². The third-order valence-corrected chi connectivity index (χ3v) is 1.81. The maximum Gasteiger partial charge on any atom is 0.142 e. The van der Waals surface area contributed by atoms with Crippen molar-refractivity contribution in [3.05, 3.63) is 23.2 Å². The van der Waals surface area contributed by atoms with E-state index in [-0.39, 0.29) is 6.54 Å². The van der Waals surface area contributed by atoms with Crippen molar-refractivity contribution in [2.24, 2.45) is 0 Å². The molecule has 4 heteroatoms. The molecule has 1 rings (SSSR count). The van der Waals surface area contributed by atoms with Gasteiger partial charge in [-0.05, 0) is 18.2 Å². The molecule has 0 aromatic heterocycles. The smallest absolute Gasteiger partial charge is 0.142 e. The number of benzene rings is 1. The molecular formula is C9H11ClFNO. The lowest BCUT2D eigenvalue weighted by Gasteiger charge is -2.09. The summed E-state index contributed by atoms with van der Waals surface area (Å²) in [6.07, 6.45) is 0. The summed E-state index contributed by atoms with van der Waals surface area (Å²) in [7, 11) is 1.56. The first-order valence-electron chi connectivity index (χ1n) is 3.91. The minimum Gasteiger partial charge on any atom is -0.495 e. The Morgan fingerprint density at radius 1 is 1.54 bits per heavy atom. The molecule has 0 aliphatic heterocycles.